The number of ether oxygens (including phenoxy) is 1. The highest BCUT2D eigenvalue weighted by molar-refractivity contribution is 5.50. The molecule has 0 spiro atoms. The second-order valence-electron chi connectivity index (χ2n) is 4.33. The topological polar surface area (TPSA) is 49.7 Å². The lowest BCUT2D eigenvalue weighted by atomic mass is 9.84. The largest absolute Gasteiger partial charge is 0.507 e. The number of phenolic OH excluding ortho intramolecular Hbond substituents is 1. The van der Waals surface area contributed by atoms with Crippen molar-refractivity contribution in [3.8, 4) is 11.5 Å². The van der Waals surface area contributed by atoms with E-state index in [9.17, 15) is 10.2 Å². The highest BCUT2D eigenvalue weighted by atomic mass is 16.5. The van der Waals surface area contributed by atoms with Crippen LogP contribution in [0.2, 0.25) is 0 Å². The molecule has 0 saturated carbocycles. The van der Waals surface area contributed by atoms with Crippen LogP contribution < -0.4 is 4.74 Å². The van der Waals surface area contributed by atoms with Crippen molar-refractivity contribution in [2.75, 3.05) is 13.7 Å². The van der Waals surface area contributed by atoms with E-state index in [2.05, 4.69) is 0 Å². The Labute approximate surface area is 90.3 Å². The number of aliphatic hydroxyl groups excluding tert-OH is 1. The fourth-order valence-corrected chi connectivity index (χ4v) is 1.53. The van der Waals surface area contributed by atoms with E-state index in [0.29, 0.717) is 11.3 Å². The van der Waals surface area contributed by atoms with Gasteiger partial charge in [0.2, 0.25) is 0 Å². The molecule has 1 rings (SSSR count). The minimum absolute atomic E-state index is 0.00761. The lowest BCUT2D eigenvalue weighted by molar-refractivity contribution is 0.215. The number of methoxy groups -OCH3 is 1. The van der Waals surface area contributed by atoms with Crippen molar-refractivity contribution in [1.82, 2.24) is 0 Å². The van der Waals surface area contributed by atoms with Crippen LogP contribution in [-0.4, -0.2) is 23.9 Å². The molecule has 0 fully saturated rings. The summed E-state index contributed by atoms with van der Waals surface area (Å²) < 4.78 is 5.10. The monoisotopic (exact) mass is 210 g/mol. The molecule has 0 aromatic heterocycles. The molecule has 0 atom stereocenters. The molecule has 0 aliphatic carbocycles. The van der Waals surface area contributed by atoms with E-state index in [1.165, 1.54) is 0 Å². The predicted molar refractivity (Wildman–Crippen MR) is 59.5 cm³/mol. The van der Waals surface area contributed by atoms with Gasteiger partial charge >= 0.3 is 0 Å². The van der Waals surface area contributed by atoms with Gasteiger partial charge in [-0.2, -0.15) is 0 Å². The van der Waals surface area contributed by atoms with E-state index in [4.69, 9.17) is 4.74 Å². The number of hydrogen-bond acceptors (Lipinski definition) is 3. The fourth-order valence-electron chi connectivity index (χ4n) is 1.53. The van der Waals surface area contributed by atoms with Crippen molar-refractivity contribution in [3.63, 3.8) is 0 Å². The Morgan fingerprint density at radius 3 is 2.40 bits per heavy atom. The number of phenols is 1. The molecule has 3 heteroatoms. The minimum atomic E-state index is -0.443. The van der Waals surface area contributed by atoms with Gasteiger partial charge in [-0.3, -0.25) is 0 Å². The second-order valence-corrected chi connectivity index (χ2v) is 4.33. The third kappa shape index (κ3) is 2.07. The summed E-state index contributed by atoms with van der Waals surface area (Å²) in [4.78, 5) is 0. The van der Waals surface area contributed by atoms with E-state index in [1.54, 1.807) is 20.1 Å². The Morgan fingerprint density at radius 2 is 1.93 bits per heavy atom. The molecule has 0 radical (unpaired) electrons. The zero-order valence-electron chi connectivity index (χ0n) is 9.66. The molecule has 1 aromatic rings. The normalized spacial score (nSPS) is 11.5. The number of rotatable bonds is 3. The van der Waals surface area contributed by atoms with Crippen LogP contribution >= 0.6 is 0 Å². The average Bonchev–Trinajstić information content (AvgIpc) is 2.21. The summed E-state index contributed by atoms with van der Waals surface area (Å²) in [5, 5.41) is 19.2. The first-order chi connectivity index (χ1) is 6.94. The summed E-state index contributed by atoms with van der Waals surface area (Å²) in [6.45, 7) is 5.55. The van der Waals surface area contributed by atoms with Gasteiger partial charge in [-0.05, 0) is 13.0 Å². The Balaban J connectivity index is 3.29. The molecular weight excluding hydrogens is 192 g/mol. The van der Waals surface area contributed by atoms with E-state index in [1.807, 2.05) is 19.9 Å². The molecule has 0 bridgehead atoms. The molecule has 2 N–H and O–H groups in total. The van der Waals surface area contributed by atoms with Gasteiger partial charge in [-0.15, -0.1) is 0 Å². The summed E-state index contributed by atoms with van der Waals surface area (Å²) in [7, 11) is 1.57. The van der Waals surface area contributed by atoms with Gasteiger partial charge in [-0.1, -0.05) is 19.9 Å². The van der Waals surface area contributed by atoms with Crippen molar-refractivity contribution < 1.29 is 14.9 Å². The van der Waals surface area contributed by atoms with Crippen molar-refractivity contribution in [2.45, 2.75) is 26.2 Å². The summed E-state index contributed by atoms with van der Waals surface area (Å²) in [5.74, 6) is 0.860. The molecule has 84 valence electrons. The predicted octanol–water partition coefficient (Wildman–Crippen LogP) is 1.98. The molecule has 3 nitrogen and oxygen atoms in total. The van der Waals surface area contributed by atoms with Gasteiger partial charge in [0.1, 0.15) is 11.5 Å². The quantitative estimate of drug-likeness (QED) is 0.802. The van der Waals surface area contributed by atoms with Gasteiger partial charge in [0, 0.05) is 16.5 Å². The smallest absolute Gasteiger partial charge is 0.126 e. The van der Waals surface area contributed by atoms with E-state index >= 15 is 0 Å². The van der Waals surface area contributed by atoms with Crippen LogP contribution in [0.15, 0.2) is 12.1 Å². The molecule has 0 amide bonds. The summed E-state index contributed by atoms with van der Waals surface area (Å²) in [6.07, 6.45) is 0. The standard InChI is InChI=1S/C12H18O3/c1-8-10(15-4)6-5-9(11(8)14)12(2,3)7-13/h5-6,13-14H,7H2,1-4H3. The molecule has 0 unspecified atom stereocenters. The van der Waals surface area contributed by atoms with Crippen LogP contribution in [0.1, 0.15) is 25.0 Å². The number of aromatic hydroxyl groups is 1. The highest BCUT2D eigenvalue weighted by Crippen LogP contribution is 2.37. The molecule has 0 aliphatic heterocycles. The van der Waals surface area contributed by atoms with E-state index in [-0.39, 0.29) is 12.4 Å². The van der Waals surface area contributed by atoms with Crippen LogP contribution in [0.3, 0.4) is 0 Å². The Morgan fingerprint density at radius 1 is 1.33 bits per heavy atom. The Hall–Kier alpha value is -1.22. The van der Waals surface area contributed by atoms with Crippen LogP contribution in [0.25, 0.3) is 0 Å². The SMILES string of the molecule is COc1ccc(C(C)(C)CO)c(O)c1C. The molecule has 1 aromatic carbocycles. The van der Waals surface area contributed by atoms with Gasteiger partial charge in [0.05, 0.1) is 13.7 Å². The molecule has 15 heavy (non-hydrogen) atoms. The summed E-state index contributed by atoms with van der Waals surface area (Å²) in [5.41, 5.74) is 1.00. The average molecular weight is 210 g/mol. The van der Waals surface area contributed by atoms with Crippen LogP contribution in [0.5, 0.6) is 11.5 Å². The zero-order valence-corrected chi connectivity index (χ0v) is 9.66. The zero-order chi connectivity index (χ0) is 11.6. The van der Waals surface area contributed by atoms with Gasteiger partial charge < -0.3 is 14.9 Å². The van der Waals surface area contributed by atoms with Crippen LogP contribution in [-0.2, 0) is 5.41 Å². The van der Waals surface area contributed by atoms with Gasteiger partial charge in [0.15, 0.2) is 0 Å². The first kappa shape index (κ1) is 11.9. The number of aliphatic hydroxyl groups is 1. The van der Waals surface area contributed by atoms with Crippen molar-refractivity contribution >= 4 is 0 Å². The van der Waals surface area contributed by atoms with Gasteiger partial charge in [-0.25, -0.2) is 0 Å². The molecule has 0 saturated heterocycles. The molecular formula is C12H18O3. The van der Waals surface area contributed by atoms with Gasteiger partial charge in [0.25, 0.3) is 0 Å². The van der Waals surface area contributed by atoms with Crippen LogP contribution in [0.4, 0.5) is 0 Å². The van der Waals surface area contributed by atoms with Crippen LogP contribution in [0, 0.1) is 6.92 Å². The first-order valence-electron chi connectivity index (χ1n) is 4.92. The third-order valence-corrected chi connectivity index (χ3v) is 2.73. The summed E-state index contributed by atoms with van der Waals surface area (Å²) >= 11 is 0. The first-order valence-corrected chi connectivity index (χ1v) is 4.92. The van der Waals surface area contributed by atoms with E-state index < -0.39 is 5.41 Å². The maximum atomic E-state index is 9.99. The van der Waals surface area contributed by atoms with Crippen molar-refractivity contribution in [2.24, 2.45) is 0 Å². The molecule has 0 aliphatic rings. The number of hydrogen-bond donors (Lipinski definition) is 2. The van der Waals surface area contributed by atoms with Crippen molar-refractivity contribution in [1.29, 1.82) is 0 Å². The summed E-state index contributed by atoms with van der Waals surface area (Å²) in [6, 6.07) is 3.60. The second kappa shape index (κ2) is 4.11. The lowest BCUT2D eigenvalue weighted by Crippen LogP contribution is -2.22. The van der Waals surface area contributed by atoms with Crippen molar-refractivity contribution in [3.05, 3.63) is 23.3 Å². The maximum Gasteiger partial charge on any atom is 0.126 e. The fraction of sp³-hybridized carbons (Fsp3) is 0.500. The highest BCUT2D eigenvalue weighted by Gasteiger charge is 2.24. The van der Waals surface area contributed by atoms with E-state index in [0.717, 1.165) is 5.56 Å². The minimum Gasteiger partial charge on any atom is -0.507 e. The lowest BCUT2D eigenvalue weighted by Gasteiger charge is -2.24. The third-order valence-electron chi connectivity index (χ3n) is 2.73. The Bertz CT molecular complexity index is 356. The molecule has 0 heterocycles. The Kier molecular flexibility index (Phi) is 3.25. The maximum absolute atomic E-state index is 9.99. The number of benzene rings is 1.